The smallest absolute Gasteiger partial charge is 0.267 e. The number of nitrogens with zero attached hydrogens (tertiary/aromatic N) is 3. The maximum absolute atomic E-state index is 13.0. The van der Waals surface area contributed by atoms with Gasteiger partial charge < -0.3 is 5.32 Å². The molecule has 0 spiro atoms. The first-order chi connectivity index (χ1) is 13.1. The zero-order valence-electron chi connectivity index (χ0n) is 14.8. The molecular formula is C19H22FN5O2. The van der Waals surface area contributed by atoms with Crippen LogP contribution in [0.5, 0.6) is 0 Å². The number of hydroxylamine groups is 1. The SMILES string of the molecule is O=C(/C=C/c1cnc(N[C@@H]2CCCN(Cc3ccc(F)cc3)C2)cn1)NO. The molecule has 142 valence electrons. The molecule has 1 amide bonds. The molecule has 0 bridgehead atoms. The number of rotatable bonds is 6. The molecule has 7 nitrogen and oxygen atoms in total. The fourth-order valence-electron chi connectivity index (χ4n) is 3.07. The number of carbonyl (C=O) groups is 1. The molecule has 3 N–H and O–H groups in total. The lowest BCUT2D eigenvalue weighted by molar-refractivity contribution is -0.124. The van der Waals surface area contributed by atoms with Crippen LogP contribution in [0.3, 0.4) is 0 Å². The monoisotopic (exact) mass is 371 g/mol. The van der Waals surface area contributed by atoms with Gasteiger partial charge in [0.2, 0.25) is 0 Å². The molecular weight excluding hydrogens is 349 g/mol. The summed E-state index contributed by atoms with van der Waals surface area (Å²) in [5.41, 5.74) is 3.13. The molecule has 1 aliphatic rings. The van der Waals surface area contributed by atoms with Crippen molar-refractivity contribution >= 4 is 17.8 Å². The predicted octanol–water partition coefficient (Wildman–Crippen LogP) is 2.21. The summed E-state index contributed by atoms with van der Waals surface area (Å²) >= 11 is 0. The molecule has 2 aromatic rings. The molecule has 27 heavy (non-hydrogen) atoms. The Morgan fingerprint density at radius 2 is 2.11 bits per heavy atom. The van der Waals surface area contributed by atoms with Crippen molar-refractivity contribution in [1.29, 1.82) is 0 Å². The lowest BCUT2D eigenvalue weighted by Gasteiger charge is -2.33. The normalized spacial score (nSPS) is 17.8. The Morgan fingerprint density at radius 1 is 1.30 bits per heavy atom. The van der Waals surface area contributed by atoms with Gasteiger partial charge in [0.05, 0.1) is 18.1 Å². The quantitative estimate of drug-likeness (QED) is 0.410. The van der Waals surface area contributed by atoms with Gasteiger partial charge in [-0.2, -0.15) is 0 Å². The zero-order chi connectivity index (χ0) is 19.1. The third-order valence-electron chi connectivity index (χ3n) is 4.36. The third-order valence-corrected chi connectivity index (χ3v) is 4.36. The molecule has 8 heteroatoms. The Bertz CT molecular complexity index is 780. The minimum atomic E-state index is -0.623. The second-order valence-electron chi connectivity index (χ2n) is 6.48. The van der Waals surface area contributed by atoms with Gasteiger partial charge in [0, 0.05) is 25.2 Å². The van der Waals surface area contributed by atoms with E-state index < -0.39 is 5.91 Å². The second kappa shape index (κ2) is 9.20. The molecule has 0 saturated carbocycles. The van der Waals surface area contributed by atoms with Crippen molar-refractivity contribution in [3.05, 3.63) is 59.8 Å². The fourth-order valence-corrected chi connectivity index (χ4v) is 3.07. The molecule has 1 atom stereocenters. The highest BCUT2D eigenvalue weighted by Crippen LogP contribution is 2.17. The highest BCUT2D eigenvalue weighted by atomic mass is 19.1. The molecule has 0 aliphatic carbocycles. The topological polar surface area (TPSA) is 90.4 Å². The summed E-state index contributed by atoms with van der Waals surface area (Å²) in [7, 11) is 0. The number of nitrogens with one attached hydrogen (secondary N) is 2. The minimum absolute atomic E-state index is 0.217. The average Bonchev–Trinajstić information content (AvgIpc) is 2.69. The van der Waals surface area contributed by atoms with Gasteiger partial charge in [-0.05, 0) is 43.2 Å². The van der Waals surface area contributed by atoms with Crippen LogP contribution in [0.25, 0.3) is 6.08 Å². The van der Waals surface area contributed by atoms with E-state index in [1.54, 1.807) is 12.4 Å². The fraction of sp³-hybridized carbons (Fsp3) is 0.316. The van der Waals surface area contributed by atoms with Gasteiger partial charge in [-0.25, -0.2) is 14.9 Å². The first-order valence-electron chi connectivity index (χ1n) is 8.80. The summed E-state index contributed by atoms with van der Waals surface area (Å²) in [6.45, 7) is 2.68. The molecule has 1 aliphatic heterocycles. The first kappa shape index (κ1) is 18.9. The van der Waals surface area contributed by atoms with Crippen LogP contribution in [-0.4, -0.2) is 45.1 Å². The lowest BCUT2D eigenvalue weighted by Crippen LogP contribution is -2.41. The van der Waals surface area contributed by atoms with E-state index in [0.29, 0.717) is 11.5 Å². The number of hydrogen-bond donors (Lipinski definition) is 3. The molecule has 3 rings (SSSR count). The second-order valence-corrected chi connectivity index (χ2v) is 6.48. The van der Waals surface area contributed by atoms with E-state index in [1.807, 2.05) is 12.1 Å². The molecule has 2 heterocycles. The lowest BCUT2D eigenvalue weighted by atomic mass is 10.0. The number of anilines is 1. The maximum atomic E-state index is 13.0. The van der Waals surface area contributed by atoms with E-state index >= 15 is 0 Å². The summed E-state index contributed by atoms with van der Waals surface area (Å²) in [5.74, 6) is -0.166. The number of halogens is 1. The first-order valence-corrected chi connectivity index (χ1v) is 8.80. The van der Waals surface area contributed by atoms with E-state index in [1.165, 1.54) is 29.8 Å². The van der Waals surface area contributed by atoms with Gasteiger partial charge >= 0.3 is 0 Å². The number of likely N-dealkylation sites (tertiary alicyclic amines) is 1. The highest BCUT2D eigenvalue weighted by molar-refractivity contribution is 5.90. The number of hydrogen-bond acceptors (Lipinski definition) is 6. The summed E-state index contributed by atoms with van der Waals surface area (Å²) in [6, 6.07) is 6.88. The Hall–Kier alpha value is -2.84. The van der Waals surface area contributed by atoms with Crippen molar-refractivity contribution in [2.24, 2.45) is 0 Å². The van der Waals surface area contributed by atoms with Gasteiger partial charge in [0.25, 0.3) is 5.91 Å². The van der Waals surface area contributed by atoms with Crippen LogP contribution in [0.2, 0.25) is 0 Å². The standard InChI is InChI=1S/C19H22FN5O2/c20-15-5-3-14(4-6-15)12-25-9-1-2-17(13-25)23-18-11-21-16(10-22-18)7-8-19(26)24-27/h3-8,10-11,17,27H,1-2,9,12-13H2,(H,22,23)(H,24,26)/b8-7+/t17-/m1/s1. The van der Waals surface area contributed by atoms with Crippen molar-refractivity contribution in [3.63, 3.8) is 0 Å². The summed E-state index contributed by atoms with van der Waals surface area (Å²) in [6.07, 6.45) is 7.93. The van der Waals surface area contributed by atoms with Crippen LogP contribution in [-0.2, 0) is 11.3 Å². The van der Waals surface area contributed by atoms with Gasteiger partial charge in [-0.15, -0.1) is 0 Å². The van der Waals surface area contributed by atoms with Crippen LogP contribution >= 0.6 is 0 Å². The third kappa shape index (κ3) is 5.83. The average molecular weight is 371 g/mol. The number of piperidine rings is 1. The van der Waals surface area contributed by atoms with Gasteiger partial charge in [-0.3, -0.25) is 19.9 Å². The van der Waals surface area contributed by atoms with Gasteiger partial charge in [-0.1, -0.05) is 12.1 Å². The van der Waals surface area contributed by atoms with Crippen LogP contribution in [0, 0.1) is 5.82 Å². The van der Waals surface area contributed by atoms with E-state index in [4.69, 9.17) is 5.21 Å². The number of amides is 1. The van der Waals surface area contributed by atoms with Crippen molar-refractivity contribution < 1.29 is 14.4 Å². The predicted molar refractivity (Wildman–Crippen MR) is 99.3 cm³/mol. The number of aromatic nitrogens is 2. The highest BCUT2D eigenvalue weighted by Gasteiger charge is 2.20. The minimum Gasteiger partial charge on any atom is -0.365 e. The van der Waals surface area contributed by atoms with E-state index in [9.17, 15) is 9.18 Å². The van der Waals surface area contributed by atoms with E-state index in [-0.39, 0.29) is 11.9 Å². The zero-order valence-corrected chi connectivity index (χ0v) is 14.8. The number of carbonyl (C=O) groups excluding carboxylic acids is 1. The Kier molecular flexibility index (Phi) is 6.45. The largest absolute Gasteiger partial charge is 0.365 e. The molecule has 0 unspecified atom stereocenters. The van der Waals surface area contributed by atoms with Gasteiger partial charge in [0.15, 0.2) is 0 Å². The summed E-state index contributed by atoms with van der Waals surface area (Å²) in [4.78, 5) is 21.8. The molecule has 1 aromatic carbocycles. The molecule has 1 fully saturated rings. The Labute approximate surface area is 156 Å². The molecule has 1 saturated heterocycles. The Balaban J connectivity index is 1.53. The molecule has 1 aromatic heterocycles. The molecule has 0 radical (unpaired) electrons. The van der Waals surface area contributed by atoms with E-state index in [2.05, 4.69) is 20.2 Å². The van der Waals surface area contributed by atoms with Crippen molar-refractivity contribution in [3.8, 4) is 0 Å². The van der Waals surface area contributed by atoms with Crippen LogP contribution in [0.1, 0.15) is 24.1 Å². The van der Waals surface area contributed by atoms with Crippen LogP contribution in [0.15, 0.2) is 42.7 Å². The summed E-state index contributed by atoms with van der Waals surface area (Å²) < 4.78 is 13.0. The van der Waals surface area contributed by atoms with Gasteiger partial charge in [0.1, 0.15) is 11.6 Å². The summed E-state index contributed by atoms with van der Waals surface area (Å²) in [5, 5.41) is 11.8. The van der Waals surface area contributed by atoms with Crippen molar-refractivity contribution in [1.82, 2.24) is 20.3 Å². The van der Waals surface area contributed by atoms with Crippen molar-refractivity contribution in [2.75, 3.05) is 18.4 Å². The van der Waals surface area contributed by atoms with Crippen molar-refractivity contribution in [2.45, 2.75) is 25.4 Å². The van der Waals surface area contributed by atoms with Crippen LogP contribution in [0.4, 0.5) is 10.2 Å². The van der Waals surface area contributed by atoms with Crippen LogP contribution < -0.4 is 10.8 Å². The maximum Gasteiger partial charge on any atom is 0.267 e. The van der Waals surface area contributed by atoms with E-state index in [0.717, 1.165) is 38.0 Å². The Morgan fingerprint density at radius 3 is 2.81 bits per heavy atom. The number of benzene rings is 1.